The van der Waals surface area contributed by atoms with E-state index in [1.54, 1.807) is 6.92 Å². The number of carbonyl (C=O) groups excluding carboxylic acids is 1. The molecular weight excluding hydrogens is 338 g/mol. The van der Waals surface area contributed by atoms with Gasteiger partial charge in [-0.25, -0.2) is 0 Å². The SMILES string of the molecule is CON(C(=O)C(C)Br)c1ccccc1CBr. The van der Waals surface area contributed by atoms with Gasteiger partial charge in [0.2, 0.25) is 0 Å². The summed E-state index contributed by atoms with van der Waals surface area (Å²) in [4.78, 5) is 16.7. The zero-order chi connectivity index (χ0) is 12.1. The third-order valence-electron chi connectivity index (χ3n) is 2.08. The first-order valence-electron chi connectivity index (χ1n) is 4.77. The molecule has 1 amide bonds. The Hall–Kier alpha value is -0.390. The summed E-state index contributed by atoms with van der Waals surface area (Å²) < 4.78 is 0. The molecule has 0 N–H and O–H groups in total. The van der Waals surface area contributed by atoms with E-state index in [-0.39, 0.29) is 10.7 Å². The van der Waals surface area contributed by atoms with E-state index < -0.39 is 0 Å². The number of nitrogens with zero attached hydrogens (tertiary/aromatic N) is 1. The van der Waals surface area contributed by atoms with Crippen molar-refractivity contribution in [2.45, 2.75) is 17.1 Å². The molecule has 3 nitrogen and oxygen atoms in total. The molecule has 0 radical (unpaired) electrons. The van der Waals surface area contributed by atoms with Crippen LogP contribution in [0, 0.1) is 0 Å². The largest absolute Gasteiger partial charge is 0.271 e. The molecule has 1 atom stereocenters. The molecule has 16 heavy (non-hydrogen) atoms. The average molecular weight is 351 g/mol. The molecule has 1 aromatic carbocycles. The lowest BCUT2D eigenvalue weighted by Gasteiger charge is -2.23. The highest BCUT2D eigenvalue weighted by Crippen LogP contribution is 2.24. The molecule has 0 spiro atoms. The van der Waals surface area contributed by atoms with Crippen molar-refractivity contribution in [2.75, 3.05) is 12.2 Å². The fraction of sp³-hybridized carbons (Fsp3) is 0.364. The third-order valence-corrected chi connectivity index (χ3v) is 3.07. The second-order valence-corrected chi connectivity index (χ2v) is 5.13. The Bertz CT molecular complexity index is 369. The Labute approximate surface area is 112 Å². The van der Waals surface area contributed by atoms with Crippen molar-refractivity contribution in [1.29, 1.82) is 0 Å². The predicted molar refractivity (Wildman–Crippen MR) is 72.0 cm³/mol. The molecule has 0 saturated heterocycles. The van der Waals surface area contributed by atoms with E-state index in [2.05, 4.69) is 31.9 Å². The minimum absolute atomic E-state index is 0.129. The van der Waals surface area contributed by atoms with Crippen molar-refractivity contribution in [2.24, 2.45) is 0 Å². The summed E-state index contributed by atoms with van der Waals surface area (Å²) >= 11 is 6.63. The number of carbonyl (C=O) groups is 1. The molecule has 0 aliphatic rings. The monoisotopic (exact) mass is 349 g/mol. The van der Waals surface area contributed by atoms with Crippen LogP contribution in [0.4, 0.5) is 5.69 Å². The van der Waals surface area contributed by atoms with E-state index >= 15 is 0 Å². The van der Waals surface area contributed by atoms with Gasteiger partial charge in [-0.15, -0.1) is 0 Å². The summed E-state index contributed by atoms with van der Waals surface area (Å²) in [5.41, 5.74) is 1.77. The number of benzene rings is 1. The first-order chi connectivity index (χ1) is 7.61. The molecule has 0 saturated carbocycles. The lowest BCUT2D eigenvalue weighted by atomic mass is 10.2. The number of amides is 1. The topological polar surface area (TPSA) is 29.5 Å². The van der Waals surface area contributed by atoms with Crippen LogP contribution in [-0.2, 0) is 15.0 Å². The van der Waals surface area contributed by atoms with Crippen molar-refractivity contribution in [1.82, 2.24) is 0 Å². The van der Waals surface area contributed by atoms with Crippen molar-refractivity contribution in [3.05, 3.63) is 29.8 Å². The molecule has 0 fully saturated rings. The van der Waals surface area contributed by atoms with Crippen LogP contribution in [0.5, 0.6) is 0 Å². The van der Waals surface area contributed by atoms with Gasteiger partial charge in [0.05, 0.1) is 17.6 Å². The van der Waals surface area contributed by atoms with Crippen molar-refractivity contribution in [3.63, 3.8) is 0 Å². The minimum Gasteiger partial charge on any atom is -0.271 e. The molecule has 0 aliphatic carbocycles. The van der Waals surface area contributed by atoms with E-state index in [1.165, 1.54) is 12.2 Å². The molecule has 1 aromatic rings. The van der Waals surface area contributed by atoms with Crippen molar-refractivity contribution in [3.8, 4) is 0 Å². The quantitative estimate of drug-likeness (QED) is 0.616. The number of para-hydroxylation sites is 1. The summed E-state index contributed by atoms with van der Waals surface area (Å²) in [6.45, 7) is 1.77. The van der Waals surface area contributed by atoms with Gasteiger partial charge in [0.1, 0.15) is 0 Å². The highest BCUT2D eigenvalue weighted by atomic mass is 79.9. The van der Waals surface area contributed by atoms with Crippen LogP contribution in [0.3, 0.4) is 0 Å². The Morgan fingerprint density at radius 2 is 2.12 bits per heavy atom. The van der Waals surface area contributed by atoms with Gasteiger partial charge in [-0.05, 0) is 18.6 Å². The van der Waals surface area contributed by atoms with E-state index in [0.717, 1.165) is 11.3 Å². The number of halogens is 2. The average Bonchev–Trinajstić information content (AvgIpc) is 2.30. The Balaban J connectivity index is 3.08. The zero-order valence-electron chi connectivity index (χ0n) is 9.11. The molecule has 0 heterocycles. The first kappa shape index (κ1) is 13.7. The maximum absolute atomic E-state index is 11.9. The normalized spacial score (nSPS) is 12.2. The van der Waals surface area contributed by atoms with Crippen LogP contribution in [-0.4, -0.2) is 17.8 Å². The highest BCUT2D eigenvalue weighted by Gasteiger charge is 2.21. The van der Waals surface area contributed by atoms with Gasteiger partial charge in [0.25, 0.3) is 5.91 Å². The van der Waals surface area contributed by atoms with Gasteiger partial charge in [-0.3, -0.25) is 9.63 Å². The molecule has 5 heteroatoms. The van der Waals surface area contributed by atoms with E-state index in [1.807, 2.05) is 24.3 Å². The lowest BCUT2D eigenvalue weighted by Crippen LogP contribution is -2.35. The molecule has 88 valence electrons. The van der Waals surface area contributed by atoms with Crippen LogP contribution in [0.25, 0.3) is 0 Å². The summed E-state index contributed by atoms with van der Waals surface area (Å²) in [7, 11) is 1.48. The summed E-state index contributed by atoms with van der Waals surface area (Å²) in [5.74, 6) is -0.129. The van der Waals surface area contributed by atoms with Crippen molar-refractivity contribution >= 4 is 43.5 Å². The number of hydroxylamine groups is 1. The minimum atomic E-state index is -0.282. The molecule has 1 unspecified atom stereocenters. The van der Waals surface area contributed by atoms with Gasteiger partial charge in [-0.2, -0.15) is 5.06 Å². The lowest BCUT2D eigenvalue weighted by molar-refractivity contribution is -0.123. The van der Waals surface area contributed by atoms with Crippen LogP contribution < -0.4 is 5.06 Å². The second kappa shape index (κ2) is 6.37. The predicted octanol–water partition coefficient (Wildman–Crippen LogP) is 3.26. The maximum atomic E-state index is 11.9. The van der Waals surface area contributed by atoms with Gasteiger partial charge in [-0.1, -0.05) is 50.1 Å². The fourth-order valence-electron chi connectivity index (χ4n) is 1.29. The summed E-state index contributed by atoms with van der Waals surface area (Å²) in [6, 6.07) is 7.60. The smallest absolute Gasteiger partial charge is 0.264 e. The zero-order valence-corrected chi connectivity index (χ0v) is 12.3. The van der Waals surface area contributed by atoms with Gasteiger partial charge >= 0.3 is 0 Å². The van der Waals surface area contributed by atoms with Crippen LogP contribution in [0.2, 0.25) is 0 Å². The van der Waals surface area contributed by atoms with E-state index in [0.29, 0.717) is 5.33 Å². The van der Waals surface area contributed by atoms with Gasteiger partial charge < -0.3 is 0 Å². The van der Waals surface area contributed by atoms with E-state index in [4.69, 9.17) is 4.84 Å². The summed E-state index contributed by atoms with van der Waals surface area (Å²) in [5, 5.41) is 1.98. The number of rotatable bonds is 4. The van der Waals surface area contributed by atoms with E-state index in [9.17, 15) is 4.79 Å². The van der Waals surface area contributed by atoms with Crippen molar-refractivity contribution < 1.29 is 9.63 Å². The molecule has 0 aromatic heterocycles. The third kappa shape index (κ3) is 3.06. The molecule has 0 aliphatic heterocycles. The Kier molecular flexibility index (Phi) is 5.44. The Morgan fingerprint density at radius 3 is 2.62 bits per heavy atom. The molecule has 1 rings (SSSR count). The fourth-order valence-corrected chi connectivity index (χ4v) is 1.95. The van der Waals surface area contributed by atoms with Gasteiger partial charge in [0, 0.05) is 5.33 Å². The molecular formula is C11H13Br2NO2. The number of hydrogen-bond donors (Lipinski definition) is 0. The number of alkyl halides is 2. The van der Waals surface area contributed by atoms with Gasteiger partial charge in [0.15, 0.2) is 0 Å². The maximum Gasteiger partial charge on any atom is 0.264 e. The number of anilines is 1. The second-order valence-electron chi connectivity index (χ2n) is 3.19. The Morgan fingerprint density at radius 1 is 1.50 bits per heavy atom. The van der Waals surface area contributed by atoms with Crippen LogP contribution >= 0.6 is 31.9 Å². The number of hydrogen-bond acceptors (Lipinski definition) is 2. The first-order valence-corrected chi connectivity index (χ1v) is 6.81. The van der Waals surface area contributed by atoms with Crippen LogP contribution in [0.15, 0.2) is 24.3 Å². The highest BCUT2D eigenvalue weighted by molar-refractivity contribution is 9.10. The molecule has 0 bridgehead atoms. The standard InChI is InChI=1S/C11H13Br2NO2/c1-8(13)11(15)14(16-2)10-6-4-3-5-9(10)7-12/h3-6,8H,7H2,1-2H3. The summed E-state index contributed by atoms with van der Waals surface area (Å²) in [6.07, 6.45) is 0. The van der Waals surface area contributed by atoms with Crippen LogP contribution in [0.1, 0.15) is 12.5 Å².